The SMILES string of the molecule is CCC(C)C(N)c1cc2nc(C)ccc2o1. The summed E-state index contributed by atoms with van der Waals surface area (Å²) in [6, 6.07) is 5.81. The Balaban J connectivity index is 2.39. The number of nitrogens with zero attached hydrogens (tertiary/aromatic N) is 1. The molecule has 0 aliphatic rings. The molecule has 16 heavy (non-hydrogen) atoms. The van der Waals surface area contributed by atoms with E-state index in [1.165, 1.54) is 0 Å². The largest absolute Gasteiger partial charge is 0.458 e. The maximum atomic E-state index is 6.13. The van der Waals surface area contributed by atoms with E-state index in [1.54, 1.807) is 0 Å². The molecule has 3 heteroatoms. The third kappa shape index (κ3) is 1.95. The Hall–Kier alpha value is -1.35. The first kappa shape index (κ1) is 11.1. The quantitative estimate of drug-likeness (QED) is 0.860. The lowest BCUT2D eigenvalue weighted by atomic mass is 9.98. The van der Waals surface area contributed by atoms with E-state index >= 15 is 0 Å². The average molecular weight is 218 g/mol. The molecule has 0 radical (unpaired) electrons. The Bertz CT molecular complexity index is 490. The number of furan rings is 1. The molecule has 2 heterocycles. The van der Waals surface area contributed by atoms with Crippen LogP contribution in [-0.2, 0) is 0 Å². The Morgan fingerprint density at radius 1 is 1.44 bits per heavy atom. The minimum absolute atomic E-state index is 0.0421. The van der Waals surface area contributed by atoms with Crippen LogP contribution in [0.2, 0.25) is 0 Å². The first-order valence-electron chi connectivity index (χ1n) is 5.74. The van der Waals surface area contributed by atoms with Crippen LogP contribution in [-0.4, -0.2) is 4.98 Å². The predicted molar refractivity (Wildman–Crippen MR) is 65.1 cm³/mol. The molecule has 2 aromatic rings. The van der Waals surface area contributed by atoms with Crippen LogP contribution in [0.3, 0.4) is 0 Å². The van der Waals surface area contributed by atoms with E-state index in [0.717, 1.165) is 29.0 Å². The normalized spacial score (nSPS) is 15.2. The zero-order chi connectivity index (χ0) is 11.7. The summed E-state index contributed by atoms with van der Waals surface area (Å²) in [6.45, 7) is 6.24. The first-order chi connectivity index (χ1) is 7.61. The number of fused-ring (bicyclic) bond motifs is 1. The lowest BCUT2D eigenvalue weighted by Gasteiger charge is -2.14. The molecule has 86 valence electrons. The summed E-state index contributed by atoms with van der Waals surface area (Å²) < 4.78 is 5.72. The molecule has 2 rings (SSSR count). The van der Waals surface area contributed by atoms with Crippen LogP contribution in [0.5, 0.6) is 0 Å². The molecule has 2 N–H and O–H groups in total. The highest BCUT2D eigenvalue weighted by Gasteiger charge is 2.17. The molecule has 2 aromatic heterocycles. The Kier molecular flexibility index (Phi) is 2.97. The number of aromatic nitrogens is 1. The highest BCUT2D eigenvalue weighted by Crippen LogP contribution is 2.27. The van der Waals surface area contributed by atoms with Crippen molar-refractivity contribution in [2.24, 2.45) is 11.7 Å². The zero-order valence-corrected chi connectivity index (χ0v) is 10.0. The van der Waals surface area contributed by atoms with Crippen molar-refractivity contribution in [1.29, 1.82) is 0 Å². The van der Waals surface area contributed by atoms with Crippen molar-refractivity contribution in [2.75, 3.05) is 0 Å². The molecule has 2 unspecified atom stereocenters. The molecule has 0 aliphatic heterocycles. The summed E-state index contributed by atoms with van der Waals surface area (Å²) in [7, 11) is 0. The van der Waals surface area contributed by atoms with E-state index in [2.05, 4.69) is 18.8 Å². The van der Waals surface area contributed by atoms with Crippen molar-refractivity contribution in [3.8, 4) is 0 Å². The third-order valence-electron chi connectivity index (χ3n) is 3.12. The van der Waals surface area contributed by atoms with E-state index in [9.17, 15) is 0 Å². The highest BCUT2D eigenvalue weighted by molar-refractivity contribution is 5.73. The molecule has 0 bridgehead atoms. The standard InChI is InChI=1S/C13H18N2O/c1-4-8(2)13(14)12-7-10-11(16-12)6-5-9(3)15-10/h5-8,13H,4,14H2,1-3H3. The number of hydrogen-bond donors (Lipinski definition) is 1. The second-order valence-electron chi connectivity index (χ2n) is 4.40. The van der Waals surface area contributed by atoms with Crippen molar-refractivity contribution in [3.05, 3.63) is 29.7 Å². The van der Waals surface area contributed by atoms with Crippen LogP contribution in [0.15, 0.2) is 22.6 Å². The van der Waals surface area contributed by atoms with Gasteiger partial charge in [-0.3, -0.25) is 0 Å². The van der Waals surface area contributed by atoms with Crippen molar-refractivity contribution in [1.82, 2.24) is 4.98 Å². The van der Waals surface area contributed by atoms with Gasteiger partial charge in [-0.15, -0.1) is 0 Å². The molecule has 0 aromatic carbocycles. The van der Waals surface area contributed by atoms with Crippen LogP contribution in [0.1, 0.15) is 37.8 Å². The first-order valence-corrected chi connectivity index (χ1v) is 5.74. The number of pyridine rings is 1. The molecule has 0 saturated carbocycles. The lowest BCUT2D eigenvalue weighted by Crippen LogP contribution is -2.17. The predicted octanol–water partition coefficient (Wildman–Crippen LogP) is 3.18. The lowest BCUT2D eigenvalue weighted by molar-refractivity contribution is 0.388. The minimum atomic E-state index is -0.0421. The molecule has 2 atom stereocenters. The van der Waals surface area contributed by atoms with Gasteiger partial charge >= 0.3 is 0 Å². The van der Waals surface area contributed by atoms with E-state index in [-0.39, 0.29) is 6.04 Å². The fourth-order valence-corrected chi connectivity index (χ4v) is 1.74. The van der Waals surface area contributed by atoms with Crippen molar-refractivity contribution in [2.45, 2.75) is 33.2 Å². The summed E-state index contributed by atoms with van der Waals surface area (Å²) in [4.78, 5) is 4.41. The number of rotatable bonds is 3. The molecule has 3 nitrogen and oxygen atoms in total. The van der Waals surface area contributed by atoms with Gasteiger partial charge in [0.15, 0.2) is 5.58 Å². The van der Waals surface area contributed by atoms with Gasteiger partial charge in [0.1, 0.15) is 11.3 Å². The van der Waals surface area contributed by atoms with Gasteiger partial charge in [0.05, 0.1) is 6.04 Å². The minimum Gasteiger partial charge on any atom is -0.458 e. The number of nitrogens with two attached hydrogens (primary N) is 1. The van der Waals surface area contributed by atoms with Gasteiger partial charge in [0, 0.05) is 11.8 Å². The van der Waals surface area contributed by atoms with Gasteiger partial charge in [-0.2, -0.15) is 0 Å². The van der Waals surface area contributed by atoms with E-state index < -0.39 is 0 Å². The molecule has 0 fully saturated rings. The topological polar surface area (TPSA) is 52.0 Å². The van der Waals surface area contributed by atoms with E-state index in [0.29, 0.717) is 5.92 Å². The van der Waals surface area contributed by atoms with E-state index in [1.807, 2.05) is 25.1 Å². The molecule has 0 saturated heterocycles. The second kappa shape index (κ2) is 4.26. The monoisotopic (exact) mass is 218 g/mol. The van der Waals surface area contributed by atoms with Crippen LogP contribution in [0.4, 0.5) is 0 Å². The number of hydrogen-bond acceptors (Lipinski definition) is 3. The molecule has 0 amide bonds. The smallest absolute Gasteiger partial charge is 0.152 e. The molecular formula is C13H18N2O. The second-order valence-corrected chi connectivity index (χ2v) is 4.40. The zero-order valence-electron chi connectivity index (χ0n) is 10.0. The van der Waals surface area contributed by atoms with Crippen LogP contribution >= 0.6 is 0 Å². The summed E-state index contributed by atoms with van der Waals surface area (Å²) >= 11 is 0. The van der Waals surface area contributed by atoms with Gasteiger partial charge in [0.2, 0.25) is 0 Å². The van der Waals surface area contributed by atoms with Gasteiger partial charge in [-0.05, 0) is 25.0 Å². The summed E-state index contributed by atoms with van der Waals surface area (Å²) in [5, 5.41) is 0. The fourth-order valence-electron chi connectivity index (χ4n) is 1.74. The Labute approximate surface area is 95.7 Å². The van der Waals surface area contributed by atoms with Gasteiger partial charge in [-0.25, -0.2) is 4.98 Å². The van der Waals surface area contributed by atoms with Gasteiger partial charge in [-0.1, -0.05) is 20.3 Å². The number of aryl methyl sites for hydroxylation is 1. The van der Waals surface area contributed by atoms with Crippen molar-refractivity contribution >= 4 is 11.1 Å². The maximum Gasteiger partial charge on any atom is 0.152 e. The Morgan fingerprint density at radius 3 is 2.88 bits per heavy atom. The average Bonchev–Trinajstić information content (AvgIpc) is 2.69. The summed E-state index contributed by atoms with van der Waals surface area (Å²) in [6.07, 6.45) is 1.05. The van der Waals surface area contributed by atoms with Crippen molar-refractivity contribution in [3.63, 3.8) is 0 Å². The molecule has 0 spiro atoms. The molecular weight excluding hydrogens is 200 g/mol. The fraction of sp³-hybridized carbons (Fsp3) is 0.462. The van der Waals surface area contributed by atoms with Crippen molar-refractivity contribution < 1.29 is 4.42 Å². The maximum absolute atomic E-state index is 6.13. The van der Waals surface area contributed by atoms with Crippen LogP contribution < -0.4 is 5.73 Å². The molecule has 0 aliphatic carbocycles. The Morgan fingerprint density at radius 2 is 2.19 bits per heavy atom. The summed E-state index contributed by atoms with van der Waals surface area (Å²) in [5.41, 5.74) is 8.84. The third-order valence-corrected chi connectivity index (χ3v) is 3.12. The van der Waals surface area contributed by atoms with E-state index in [4.69, 9.17) is 10.2 Å². The van der Waals surface area contributed by atoms with Crippen LogP contribution in [0, 0.1) is 12.8 Å². The van der Waals surface area contributed by atoms with Gasteiger partial charge < -0.3 is 10.2 Å². The van der Waals surface area contributed by atoms with Crippen LogP contribution in [0.25, 0.3) is 11.1 Å². The van der Waals surface area contributed by atoms with Gasteiger partial charge in [0.25, 0.3) is 0 Å². The summed E-state index contributed by atoms with van der Waals surface area (Å²) in [5.74, 6) is 1.25. The highest BCUT2D eigenvalue weighted by atomic mass is 16.3.